The van der Waals surface area contributed by atoms with E-state index < -0.39 is 0 Å². The average Bonchev–Trinajstić information content (AvgIpc) is 2.34. The monoisotopic (exact) mass is 232 g/mol. The van der Waals surface area contributed by atoms with Gasteiger partial charge in [0.2, 0.25) is 0 Å². The Morgan fingerprint density at radius 1 is 1.24 bits per heavy atom. The maximum atomic E-state index is 7.28. The topological polar surface area (TPSA) is 87.9 Å². The van der Waals surface area contributed by atoms with Crippen LogP contribution in [-0.4, -0.2) is 18.3 Å². The maximum Gasteiger partial charge on any atom is 0.0404 e. The van der Waals surface area contributed by atoms with Gasteiger partial charge in [0.15, 0.2) is 0 Å². The Hall–Kier alpha value is -1.55. The smallest absolute Gasteiger partial charge is 0.0404 e. The molecule has 0 radical (unpaired) electrons. The van der Waals surface area contributed by atoms with Gasteiger partial charge in [-0.05, 0) is 43.9 Å². The summed E-state index contributed by atoms with van der Waals surface area (Å²) in [7, 11) is 0. The highest BCUT2D eigenvalue weighted by atomic mass is 14.9. The number of hydrogen-bond donors (Lipinski definition) is 4. The molecule has 1 aliphatic rings. The first-order chi connectivity index (χ1) is 8.19. The van der Waals surface area contributed by atoms with Crippen molar-refractivity contribution in [2.24, 2.45) is 5.73 Å². The normalized spacial score (nSPS) is 24.3. The first kappa shape index (κ1) is 11.9. The molecule has 1 aromatic rings. The molecule has 0 heterocycles. The van der Waals surface area contributed by atoms with E-state index in [2.05, 4.69) is 5.32 Å². The van der Waals surface area contributed by atoms with Gasteiger partial charge in [0, 0.05) is 35.2 Å². The second-order valence-corrected chi connectivity index (χ2v) is 4.74. The summed E-state index contributed by atoms with van der Waals surface area (Å²) in [5.41, 5.74) is 14.1. The summed E-state index contributed by atoms with van der Waals surface area (Å²) < 4.78 is 0. The van der Waals surface area contributed by atoms with Crippen LogP contribution < -0.4 is 16.8 Å². The second kappa shape index (κ2) is 5.19. The number of nitrogens with one attached hydrogen (secondary N) is 2. The second-order valence-electron chi connectivity index (χ2n) is 4.74. The Labute approximate surface area is 102 Å². The maximum absolute atomic E-state index is 7.28. The van der Waals surface area contributed by atoms with Gasteiger partial charge in [-0.2, -0.15) is 0 Å². The Morgan fingerprint density at radius 2 is 1.94 bits per heavy atom. The van der Waals surface area contributed by atoms with Crippen molar-refractivity contribution in [1.82, 2.24) is 0 Å². The highest BCUT2D eigenvalue weighted by Gasteiger charge is 2.18. The highest BCUT2D eigenvalue weighted by Crippen LogP contribution is 2.23. The Kier molecular flexibility index (Phi) is 3.64. The Morgan fingerprint density at radius 3 is 2.59 bits per heavy atom. The lowest BCUT2D eigenvalue weighted by molar-refractivity contribution is 0.411. The van der Waals surface area contributed by atoms with Crippen molar-refractivity contribution in [2.75, 3.05) is 11.1 Å². The van der Waals surface area contributed by atoms with Crippen LogP contribution >= 0.6 is 0 Å². The van der Waals surface area contributed by atoms with E-state index in [4.69, 9.17) is 16.9 Å². The van der Waals surface area contributed by atoms with Crippen LogP contribution in [0.25, 0.3) is 0 Å². The van der Waals surface area contributed by atoms with E-state index in [1.165, 1.54) is 6.21 Å². The van der Waals surface area contributed by atoms with Crippen molar-refractivity contribution in [3.63, 3.8) is 0 Å². The molecule has 1 fully saturated rings. The van der Waals surface area contributed by atoms with E-state index in [0.717, 1.165) is 36.9 Å². The molecule has 2 rings (SSSR count). The van der Waals surface area contributed by atoms with Crippen LogP contribution in [0.3, 0.4) is 0 Å². The predicted molar refractivity (Wildman–Crippen MR) is 72.6 cm³/mol. The third-order valence-corrected chi connectivity index (χ3v) is 3.38. The molecule has 0 saturated heterocycles. The molecular formula is C13H20N4. The molecule has 1 aromatic carbocycles. The van der Waals surface area contributed by atoms with Gasteiger partial charge in [0.05, 0.1) is 0 Å². The molecule has 4 nitrogen and oxygen atoms in total. The van der Waals surface area contributed by atoms with Gasteiger partial charge in [-0.1, -0.05) is 0 Å². The highest BCUT2D eigenvalue weighted by molar-refractivity contribution is 5.86. The summed E-state index contributed by atoms with van der Waals surface area (Å²) in [5.74, 6) is 0. The lowest BCUT2D eigenvalue weighted by Gasteiger charge is -2.27. The summed E-state index contributed by atoms with van der Waals surface area (Å²) in [6, 6.07) is 6.61. The number of benzene rings is 1. The molecule has 6 N–H and O–H groups in total. The van der Waals surface area contributed by atoms with E-state index in [1.807, 2.05) is 18.2 Å². The SMILES string of the molecule is N=Cc1cc(NC2CCC(N)CC2)ccc1N. The van der Waals surface area contributed by atoms with Crippen LogP contribution in [0.5, 0.6) is 0 Å². The van der Waals surface area contributed by atoms with Gasteiger partial charge < -0.3 is 22.2 Å². The first-order valence-corrected chi connectivity index (χ1v) is 6.11. The zero-order valence-corrected chi connectivity index (χ0v) is 9.95. The molecule has 0 aliphatic heterocycles. The number of anilines is 2. The minimum Gasteiger partial charge on any atom is -0.398 e. The molecule has 0 bridgehead atoms. The molecular weight excluding hydrogens is 212 g/mol. The van der Waals surface area contributed by atoms with Crippen molar-refractivity contribution in [2.45, 2.75) is 37.8 Å². The minimum absolute atomic E-state index is 0.372. The quantitative estimate of drug-likeness (QED) is 0.474. The van der Waals surface area contributed by atoms with Crippen molar-refractivity contribution < 1.29 is 0 Å². The average molecular weight is 232 g/mol. The van der Waals surface area contributed by atoms with Crippen LogP contribution in [-0.2, 0) is 0 Å². The number of hydrogen-bond acceptors (Lipinski definition) is 4. The van der Waals surface area contributed by atoms with Gasteiger partial charge in [0.25, 0.3) is 0 Å². The van der Waals surface area contributed by atoms with Crippen LogP contribution in [0, 0.1) is 5.41 Å². The summed E-state index contributed by atoms with van der Waals surface area (Å²) in [6.45, 7) is 0. The third kappa shape index (κ3) is 2.97. The summed E-state index contributed by atoms with van der Waals surface area (Å²) >= 11 is 0. The summed E-state index contributed by atoms with van der Waals surface area (Å²) in [5, 5.41) is 10.8. The molecule has 0 spiro atoms. The van der Waals surface area contributed by atoms with Crippen LogP contribution in [0.2, 0.25) is 0 Å². The fourth-order valence-corrected chi connectivity index (χ4v) is 2.29. The molecule has 0 aromatic heterocycles. The zero-order valence-electron chi connectivity index (χ0n) is 9.95. The van der Waals surface area contributed by atoms with Crippen LogP contribution in [0.15, 0.2) is 18.2 Å². The van der Waals surface area contributed by atoms with Gasteiger partial charge in [-0.15, -0.1) is 0 Å². The summed E-state index contributed by atoms with van der Waals surface area (Å²) in [4.78, 5) is 0. The van der Waals surface area contributed by atoms with Gasteiger partial charge in [0.1, 0.15) is 0 Å². The molecule has 0 unspecified atom stereocenters. The predicted octanol–water partition coefficient (Wildman–Crippen LogP) is 1.95. The minimum atomic E-state index is 0.372. The van der Waals surface area contributed by atoms with Crippen molar-refractivity contribution in [3.05, 3.63) is 23.8 Å². The van der Waals surface area contributed by atoms with Crippen molar-refractivity contribution in [1.29, 1.82) is 5.41 Å². The van der Waals surface area contributed by atoms with Crippen molar-refractivity contribution >= 4 is 17.6 Å². The van der Waals surface area contributed by atoms with E-state index in [9.17, 15) is 0 Å². The molecule has 17 heavy (non-hydrogen) atoms. The van der Waals surface area contributed by atoms with E-state index in [0.29, 0.717) is 17.8 Å². The lowest BCUT2D eigenvalue weighted by Crippen LogP contribution is -2.32. The standard InChI is InChI=1S/C13H20N4/c14-8-9-7-12(5-6-13(9)16)17-11-3-1-10(15)2-4-11/h5-8,10-11,14,17H,1-4,15-16H2. The fourth-order valence-electron chi connectivity index (χ4n) is 2.29. The number of nitrogens with two attached hydrogens (primary N) is 2. The molecule has 1 saturated carbocycles. The molecule has 1 aliphatic carbocycles. The van der Waals surface area contributed by atoms with Gasteiger partial charge in [-0.3, -0.25) is 0 Å². The largest absolute Gasteiger partial charge is 0.398 e. The summed E-state index contributed by atoms with van der Waals surface area (Å²) in [6.07, 6.45) is 5.70. The zero-order chi connectivity index (χ0) is 12.3. The Balaban J connectivity index is 2.01. The fraction of sp³-hybridized carbons (Fsp3) is 0.462. The van der Waals surface area contributed by atoms with E-state index >= 15 is 0 Å². The van der Waals surface area contributed by atoms with Gasteiger partial charge >= 0.3 is 0 Å². The van der Waals surface area contributed by atoms with Gasteiger partial charge in [-0.25, -0.2) is 0 Å². The lowest BCUT2D eigenvalue weighted by atomic mass is 9.91. The molecule has 0 amide bonds. The van der Waals surface area contributed by atoms with E-state index in [-0.39, 0.29) is 0 Å². The molecule has 0 atom stereocenters. The van der Waals surface area contributed by atoms with Crippen molar-refractivity contribution in [3.8, 4) is 0 Å². The number of nitrogen functional groups attached to an aromatic ring is 1. The Bertz CT molecular complexity index is 394. The molecule has 4 heteroatoms. The van der Waals surface area contributed by atoms with Crippen LogP contribution in [0.4, 0.5) is 11.4 Å². The molecule has 92 valence electrons. The first-order valence-electron chi connectivity index (χ1n) is 6.11. The number of rotatable bonds is 3. The van der Waals surface area contributed by atoms with Crippen LogP contribution in [0.1, 0.15) is 31.2 Å². The van der Waals surface area contributed by atoms with E-state index in [1.54, 1.807) is 0 Å². The third-order valence-electron chi connectivity index (χ3n) is 3.38.